The van der Waals surface area contributed by atoms with E-state index < -0.39 is 7.25 Å². The molecule has 1 aromatic rings. The second-order valence-corrected chi connectivity index (χ2v) is 2.61. The minimum absolute atomic E-state index is 0. The summed E-state index contributed by atoms with van der Waals surface area (Å²) >= 11 is 0. The van der Waals surface area contributed by atoms with Crippen LogP contribution in [-0.2, 0) is 0 Å². The molecule has 0 amide bonds. The molecule has 0 aliphatic carbocycles. The van der Waals surface area contributed by atoms with E-state index in [-0.39, 0.29) is 1.43 Å². The molecule has 92 valence electrons. The first-order valence-corrected chi connectivity index (χ1v) is 4.12. The molecule has 0 bridgehead atoms. The molecule has 8 heteroatoms. The van der Waals surface area contributed by atoms with Gasteiger partial charge in [-0.1, -0.05) is 0 Å². The van der Waals surface area contributed by atoms with Gasteiger partial charge in [0, 0.05) is 11.8 Å². The highest BCUT2D eigenvalue weighted by Crippen LogP contribution is 2.28. The van der Waals surface area contributed by atoms with Crippen LogP contribution >= 0.6 is 0 Å². The maximum absolute atomic E-state index is 9.75. The fourth-order valence-electron chi connectivity index (χ4n) is 0.853. The quantitative estimate of drug-likeness (QED) is 0.491. The van der Waals surface area contributed by atoms with E-state index in [1.54, 1.807) is 32.4 Å². The molecule has 0 saturated heterocycles. The Morgan fingerprint density at radius 3 is 1.88 bits per heavy atom. The minimum atomic E-state index is -6.00. The highest BCUT2D eigenvalue weighted by molar-refractivity contribution is 6.50. The molecule has 0 fully saturated rings. The highest BCUT2D eigenvalue weighted by Gasteiger charge is 2.20. The molecule has 0 heterocycles. The maximum atomic E-state index is 9.75. The third kappa shape index (κ3) is 6.80. The Morgan fingerprint density at radius 2 is 1.50 bits per heavy atom. The first kappa shape index (κ1) is 14.4. The van der Waals surface area contributed by atoms with E-state index in [2.05, 4.69) is 0 Å². The standard InChI is InChI=1S/C8H11NO2.BF4/c1-10-7-4-3-6(9)5-8(7)11-2;2-1(3,4)5/h3-5H,9H2,1-2H3;/q;-1/p+1. The van der Waals surface area contributed by atoms with Crippen LogP contribution in [0.4, 0.5) is 23.0 Å². The van der Waals surface area contributed by atoms with Crippen LogP contribution in [0.2, 0.25) is 0 Å². The third-order valence-corrected chi connectivity index (χ3v) is 1.41. The summed E-state index contributed by atoms with van der Waals surface area (Å²) in [6.45, 7) is 0. The van der Waals surface area contributed by atoms with Crippen LogP contribution in [0.3, 0.4) is 0 Å². The molecule has 3 nitrogen and oxygen atoms in total. The van der Waals surface area contributed by atoms with Crippen molar-refractivity contribution in [1.82, 2.24) is 0 Å². The van der Waals surface area contributed by atoms with Crippen molar-refractivity contribution in [2.45, 2.75) is 0 Å². The molecule has 0 aromatic heterocycles. The van der Waals surface area contributed by atoms with Crippen molar-refractivity contribution >= 4 is 12.9 Å². The van der Waals surface area contributed by atoms with Gasteiger partial charge in [-0.2, -0.15) is 0 Å². The summed E-state index contributed by atoms with van der Waals surface area (Å²) in [5, 5.41) is 0. The Labute approximate surface area is 91.7 Å². The second kappa shape index (κ2) is 6.09. The molecule has 0 spiro atoms. The maximum Gasteiger partial charge on any atom is 1.00 e. The molecule has 0 atom stereocenters. The number of hydrogen-bond donors (Lipinski definition) is 1. The van der Waals surface area contributed by atoms with E-state index in [1.807, 2.05) is 0 Å². The van der Waals surface area contributed by atoms with E-state index in [9.17, 15) is 17.3 Å². The minimum Gasteiger partial charge on any atom is -0.493 e. The Morgan fingerprint density at radius 1 is 1.06 bits per heavy atom. The Kier molecular flexibility index (Phi) is 5.48. The number of methoxy groups -OCH3 is 2. The van der Waals surface area contributed by atoms with Crippen molar-refractivity contribution in [2.75, 3.05) is 20.0 Å². The highest BCUT2D eigenvalue weighted by atomic mass is 19.5. The van der Waals surface area contributed by atoms with Gasteiger partial charge in [0.15, 0.2) is 11.5 Å². The number of nitrogens with two attached hydrogens (primary N) is 1. The molecule has 1 aromatic carbocycles. The van der Waals surface area contributed by atoms with Gasteiger partial charge < -0.3 is 32.5 Å². The molecule has 2 N–H and O–H groups in total. The largest absolute Gasteiger partial charge is 1.00 e. The molecular weight excluding hydrogens is 229 g/mol. The fraction of sp³-hybridized carbons (Fsp3) is 0.250. The lowest BCUT2D eigenvalue weighted by Gasteiger charge is -2.06. The monoisotopic (exact) mass is 241 g/mol. The van der Waals surface area contributed by atoms with Crippen LogP contribution in [0.15, 0.2) is 18.2 Å². The zero-order valence-electron chi connectivity index (χ0n) is 9.72. The van der Waals surface area contributed by atoms with E-state index in [4.69, 9.17) is 15.2 Å². The van der Waals surface area contributed by atoms with Gasteiger partial charge in [-0.3, -0.25) is 0 Å². The lowest BCUT2D eigenvalue weighted by atomic mass is 10.3. The number of hydrogen-bond acceptors (Lipinski definition) is 3. The molecule has 16 heavy (non-hydrogen) atoms. The molecule has 0 radical (unpaired) electrons. The second-order valence-electron chi connectivity index (χ2n) is 2.61. The number of nitrogen functional groups attached to an aromatic ring is 1. The Hall–Kier alpha value is -1.60. The van der Waals surface area contributed by atoms with Crippen molar-refractivity contribution in [3.8, 4) is 11.5 Å². The van der Waals surface area contributed by atoms with E-state index in [1.165, 1.54) is 0 Å². The van der Waals surface area contributed by atoms with Gasteiger partial charge in [-0.15, -0.1) is 0 Å². The number of anilines is 1. The van der Waals surface area contributed by atoms with Crippen LogP contribution in [0.25, 0.3) is 0 Å². The van der Waals surface area contributed by atoms with Crippen molar-refractivity contribution in [3.63, 3.8) is 0 Å². The number of halogens is 4. The Balaban J connectivity index is 0. The first-order valence-electron chi connectivity index (χ1n) is 4.12. The summed E-state index contributed by atoms with van der Waals surface area (Å²) in [6, 6.07) is 5.26. The van der Waals surface area contributed by atoms with Gasteiger partial charge in [0.05, 0.1) is 14.2 Å². The zero-order valence-corrected chi connectivity index (χ0v) is 8.72. The molecule has 0 unspecified atom stereocenters. The Bertz CT molecular complexity index is 332. The van der Waals surface area contributed by atoms with Crippen LogP contribution in [-0.4, -0.2) is 21.5 Å². The van der Waals surface area contributed by atoms with Gasteiger partial charge in [0.25, 0.3) is 0 Å². The van der Waals surface area contributed by atoms with Crippen molar-refractivity contribution in [2.24, 2.45) is 0 Å². The first-order chi connectivity index (χ1) is 7.27. The van der Waals surface area contributed by atoms with Crippen LogP contribution < -0.4 is 15.2 Å². The summed E-state index contributed by atoms with van der Waals surface area (Å²) in [5.41, 5.74) is 6.19. The molecule has 0 aliphatic rings. The summed E-state index contributed by atoms with van der Waals surface area (Å²) < 4.78 is 49.0. The van der Waals surface area contributed by atoms with Gasteiger partial charge in [0.1, 0.15) is 0 Å². The van der Waals surface area contributed by atoms with Gasteiger partial charge in [0.2, 0.25) is 0 Å². The summed E-state index contributed by atoms with van der Waals surface area (Å²) in [5.74, 6) is 1.36. The number of benzene rings is 1. The van der Waals surface area contributed by atoms with E-state index in [0.717, 1.165) is 0 Å². The smallest absolute Gasteiger partial charge is 0.493 e. The molecular formula is C8H12BF4NO2. The lowest BCUT2D eigenvalue weighted by Crippen LogP contribution is -2.02. The zero-order chi connectivity index (χ0) is 12.8. The van der Waals surface area contributed by atoms with Crippen molar-refractivity contribution in [3.05, 3.63) is 18.2 Å². The van der Waals surface area contributed by atoms with E-state index in [0.29, 0.717) is 17.2 Å². The fourth-order valence-corrected chi connectivity index (χ4v) is 0.853. The third-order valence-electron chi connectivity index (χ3n) is 1.41. The van der Waals surface area contributed by atoms with Gasteiger partial charge in [-0.25, -0.2) is 0 Å². The van der Waals surface area contributed by atoms with Crippen molar-refractivity contribution < 1.29 is 28.2 Å². The summed E-state index contributed by atoms with van der Waals surface area (Å²) in [7, 11) is -2.83. The van der Waals surface area contributed by atoms with E-state index >= 15 is 0 Å². The summed E-state index contributed by atoms with van der Waals surface area (Å²) in [4.78, 5) is 0. The lowest BCUT2D eigenvalue weighted by molar-refractivity contribution is 0.355. The van der Waals surface area contributed by atoms with Crippen molar-refractivity contribution in [1.29, 1.82) is 0 Å². The van der Waals surface area contributed by atoms with Crippen LogP contribution in [0.1, 0.15) is 1.43 Å². The number of ether oxygens (including phenoxy) is 2. The average Bonchev–Trinajstić information content (AvgIpc) is 2.15. The summed E-state index contributed by atoms with van der Waals surface area (Å²) in [6.07, 6.45) is 0. The van der Waals surface area contributed by atoms with Crippen LogP contribution in [0.5, 0.6) is 11.5 Å². The predicted molar refractivity (Wildman–Crippen MR) is 55.3 cm³/mol. The van der Waals surface area contributed by atoms with Gasteiger partial charge >= 0.3 is 8.68 Å². The molecule has 0 saturated carbocycles. The topological polar surface area (TPSA) is 44.5 Å². The predicted octanol–water partition coefficient (Wildman–Crippen LogP) is 2.70. The van der Waals surface area contributed by atoms with Gasteiger partial charge in [-0.05, 0) is 12.1 Å². The number of rotatable bonds is 2. The normalized spacial score (nSPS) is 10.1. The molecule has 0 aliphatic heterocycles. The average molecular weight is 241 g/mol. The SMILES string of the molecule is COc1ccc(N)cc1OC.F[B-](F)(F)F.[H+]. The van der Waals surface area contributed by atoms with Crippen LogP contribution in [0, 0.1) is 0 Å². The molecule has 1 rings (SSSR count).